The number of amides is 2. The largest absolute Gasteiger partial charge is 0.484 e. The number of rotatable bonds is 6. The molecule has 1 aliphatic rings. The Morgan fingerprint density at radius 1 is 1.48 bits per heavy atom. The molecule has 1 aliphatic heterocycles. The van der Waals surface area contributed by atoms with Crippen molar-refractivity contribution in [3.8, 4) is 5.75 Å². The van der Waals surface area contributed by atoms with Gasteiger partial charge in [0, 0.05) is 19.7 Å². The number of benzene rings is 1. The zero-order chi connectivity index (χ0) is 17.0. The van der Waals surface area contributed by atoms with E-state index in [2.05, 4.69) is 0 Å². The van der Waals surface area contributed by atoms with Crippen molar-refractivity contribution in [3.63, 3.8) is 0 Å². The molecular weight excluding hydrogens is 327 g/mol. The Kier molecular flexibility index (Phi) is 5.43. The van der Waals surface area contributed by atoms with Crippen LogP contribution in [-0.2, 0) is 14.3 Å². The minimum atomic E-state index is -1.15. The normalized spacial score (nSPS) is 20.6. The van der Waals surface area contributed by atoms with Crippen molar-refractivity contribution >= 4 is 23.4 Å². The number of hydrogen-bond acceptors (Lipinski definition) is 4. The fraction of sp³-hybridized carbons (Fsp3) is 0.467. The summed E-state index contributed by atoms with van der Waals surface area (Å²) < 4.78 is 23.7. The quantitative estimate of drug-likeness (QED) is 0.844. The summed E-state index contributed by atoms with van der Waals surface area (Å²) in [5.74, 6) is -1.48. The Bertz CT molecular complexity index is 613. The molecule has 0 radical (unpaired) electrons. The minimum Gasteiger partial charge on any atom is -0.484 e. The monoisotopic (exact) mass is 344 g/mol. The van der Waals surface area contributed by atoms with Gasteiger partial charge in [0.2, 0.25) is 5.91 Å². The zero-order valence-electron chi connectivity index (χ0n) is 12.7. The molecule has 1 aromatic rings. The van der Waals surface area contributed by atoms with Crippen LogP contribution in [0.15, 0.2) is 18.2 Å². The van der Waals surface area contributed by atoms with Gasteiger partial charge in [0.05, 0.1) is 11.6 Å². The van der Waals surface area contributed by atoms with Gasteiger partial charge in [0.1, 0.15) is 17.1 Å². The lowest BCUT2D eigenvalue weighted by Crippen LogP contribution is -2.59. The van der Waals surface area contributed by atoms with Crippen LogP contribution in [0.25, 0.3) is 0 Å². The van der Waals surface area contributed by atoms with Gasteiger partial charge in [0.25, 0.3) is 5.91 Å². The topological polar surface area (TPSA) is 81.9 Å². The molecule has 2 N–H and O–H groups in total. The first-order valence-corrected chi connectivity index (χ1v) is 7.45. The first-order chi connectivity index (χ1) is 10.9. The van der Waals surface area contributed by atoms with Crippen molar-refractivity contribution in [2.24, 2.45) is 5.73 Å². The molecule has 1 aromatic carbocycles. The minimum absolute atomic E-state index is 0.0314. The highest BCUT2D eigenvalue weighted by Gasteiger charge is 2.48. The van der Waals surface area contributed by atoms with E-state index in [-0.39, 0.29) is 24.0 Å². The van der Waals surface area contributed by atoms with Gasteiger partial charge in [-0.1, -0.05) is 11.6 Å². The second kappa shape index (κ2) is 7.14. The van der Waals surface area contributed by atoms with Crippen molar-refractivity contribution in [1.82, 2.24) is 4.90 Å². The highest BCUT2D eigenvalue weighted by Crippen LogP contribution is 2.30. The second-order valence-electron chi connectivity index (χ2n) is 5.34. The molecule has 126 valence electrons. The predicted octanol–water partition coefficient (Wildman–Crippen LogP) is 1.35. The van der Waals surface area contributed by atoms with Crippen LogP contribution in [0.3, 0.4) is 0 Å². The smallest absolute Gasteiger partial charge is 0.261 e. The standard InChI is InChI=1S/C15H18ClFN2O4/c1-22-9-15(14(18)21)5-2-6-19(15)13(20)8-23-10-3-4-11(16)12(17)7-10/h3-4,7H,2,5-6,8-9H2,1H3,(H2,18,21). The number of nitrogens with two attached hydrogens (primary N) is 1. The summed E-state index contributed by atoms with van der Waals surface area (Å²) in [7, 11) is 1.44. The van der Waals surface area contributed by atoms with E-state index in [0.29, 0.717) is 19.4 Å². The summed E-state index contributed by atoms with van der Waals surface area (Å²) >= 11 is 5.58. The molecule has 0 bridgehead atoms. The van der Waals surface area contributed by atoms with E-state index in [1.54, 1.807) is 0 Å². The summed E-state index contributed by atoms with van der Waals surface area (Å²) in [6.45, 7) is 0.0902. The Morgan fingerprint density at radius 2 is 2.22 bits per heavy atom. The maximum Gasteiger partial charge on any atom is 0.261 e. The lowest BCUT2D eigenvalue weighted by atomic mass is 9.96. The summed E-state index contributed by atoms with van der Waals surface area (Å²) in [6.07, 6.45) is 1.09. The molecule has 0 saturated carbocycles. The average molecular weight is 345 g/mol. The first-order valence-electron chi connectivity index (χ1n) is 7.08. The highest BCUT2D eigenvalue weighted by atomic mass is 35.5. The van der Waals surface area contributed by atoms with Gasteiger partial charge < -0.3 is 20.1 Å². The summed E-state index contributed by atoms with van der Waals surface area (Å²) in [5.41, 5.74) is 4.32. The Balaban J connectivity index is 2.06. The third-order valence-electron chi connectivity index (χ3n) is 3.88. The maximum atomic E-state index is 13.3. The molecule has 1 atom stereocenters. The van der Waals surface area contributed by atoms with Gasteiger partial charge in [-0.25, -0.2) is 4.39 Å². The van der Waals surface area contributed by atoms with Crippen LogP contribution in [0.5, 0.6) is 5.75 Å². The first kappa shape index (κ1) is 17.5. The van der Waals surface area contributed by atoms with Gasteiger partial charge in [-0.3, -0.25) is 9.59 Å². The van der Waals surface area contributed by atoms with Gasteiger partial charge in [0.15, 0.2) is 6.61 Å². The van der Waals surface area contributed by atoms with E-state index in [4.69, 9.17) is 26.8 Å². The molecule has 0 aromatic heterocycles. The van der Waals surface area contributed by atoms with Crippen molar-refractivity contribution in [2.75, 3.05) is 26.9 Å². The zero-order valence-corrected chi connectivity index (χ0v) is 13.4. The predicted molar refractivity (Wildman–Crippen MR) is 81.7 cm³/mol. The Morgan fingerprint density at radius 3 is 2.83 bits per heavy atom. The van der Waals surface area contributed by atoms with Crippen LogP contribution in [0, 0.1) is 5.82 Å². The lowest BCUT2D eigenvalue weighted by Gasteiger charge is -2.35. The number of carbonyl (C=O) groups excluding carboxylic acids is 2. The number of ether oxygens (including phenoxy) is 2. The number of primary amides is 1. The van der Waals surface area contributed by atoms with Crippen molar-refractivity contribution in [3.05, 3.63) is 29.0 Å². The van der Waals surface area contributed by atoms with Crippen LogP contribution in [-0.4, -0.2) is 49.1 Å². The number of nitrogens with zero attached hydrogens (tertiary/aromatic N) is 1. The molecule has 6 nitrogen and oxygen atoms in total. The molecule has 1 unspecified atom stereocenters. The fourth-order valence-electron chi connectivity index (χ4n) is 2.75. The average Bonchev–Trinajstić information content (AvgIpc) is 2.94. The molecule has 0 spiro atoms. The Hall–Kier alpha value is -1.86. The fourth-order valence-corrected chi connectivity index (χ4v) is 2.87. The maximum absolute atomic E-state index is 13.3. The van der Waals surface area contributed by atoms with Crippen LogP contribution < -0.4 is 10.5 Å². The van der Waals surface area contributed by atoms with Crippen molar-refractivity contribution < 1.29 is 23.5 Å². The third-order valence-corrected chi connectivity index (χ3v) is 4.19. The number of carbonyl (C=O) groups is 2. The van der Waals surface area contributed by atoms with Crippen LogP contribution in [0.2, 0.25) is 5.02 Å². The van der Waals surface area contributed by atoms with Crippen molar-refractivity contribution in [1.29, 1.82) is 0 Å². The van der Waals surface area contributed by atoms with Crippen molar-refractivity contribution in [2.45, 2.75) is 18.4 Å². The van der Waals surface area contributed by atoms with E-state index < -0.39 is 23.2 Å². The third kappa shape index (κ3) is 3.56. The molecule has 8 heteroatoms. The van der Waals surface area contributed by atoms with E-state index in [1.165, 1.54) is 24.1 Å². The number of likely N-dealkylation sites (tertiary alicyclic amines) is 1. The van der Waals surface area contributed by atoms with E-state index >= 15 is 0 Å². The molecule has 1 saturated heterocycles. The number of hydrogen-bond donors (Lipinski definition) is 1. The molecule has 1 heterocycles. The lowest BCUT2D eigenvalue weighted by molar-refractivity contribution is -0.148. The molecule has 1 fully saturated rings. The number of halogens is 2. The van der Waals surface area contributed by atoms with Crippen LogP contribution >= 0.6 is 11.6 Å². The summed E-state index contributed by atoms with van der Waals surface area (Å²) in [5, 5.41) is -0.0314. The molecule has 0 aliphatic carbocycles. The molecular formula is C15H18ClFN2O4. The van der Waals surface area contributed by atoms with E-state index in [1.807, 2.05) is 0 Å². The van der Waals surface area contributed by atoms with Gasteiger partial charge in [-0.15, -0.1) is 0 Å². The Labute approximate surface area is 138 Å². The van der Waals surface area contributed by atoms with Crippen LogP contribution in [0.4, 0.5) is 4.39 Å². The number of methoxy groups -OCH3 is 1. The highest BCUT2D eigenvalue weighted by molar-refractivity contribution is 6.30. The summed E-state index contributed by atoms with van der Waals surface area (Å²) in [4.78, 5) is 25.6. The van der Waals surface area contributed by atoms with E-state index in [9.17, 15) is 14.0 Å². The molecule has 2 amide bonds. The van der Waals surface area contributed by atoms with E-state index in [0.717, 1.165) is 6.07 Å². The van der Waals surface area contributed by atoms with Gasteiger partial charge in [-0.2, -0.15) is 0 Å². The van der Waals surface area contributed by atoms with Crippen LogP contribution in [0.1, 0.15) is 12.8 Å². The molecule has 2 rings (SSSR count). The van der Waals surface area contributed by atoms with Gasteiger partial charge >= 0.3 is 0 Å². The second-order valence-corrected chi connectivity index (χ2v) is 5.75. The van der Waals surface area contributed by atoms with Gasteiger partial charge in [-0.05, 0) is 25.0 Å². The SMILES string of the molecule is COCC1(C(N)=O)CCCN1C(=O)COc1ccc(Cl)c(F)c1. The molecule has 23 heavy (non-hydrogen) atoms. The summed E-state index contributed by atoms with van der Waals surface area (Å²) in [6, 6.07) is 3.89.